The van der Waals surface area contributed by atoms with Gasteiger partial charge in [-0.25, -0.2) is 0 Å². The Bertz CT molecular complexity index is 1120. The smallest absolute Gasteiger partial charge is 0.548 e. The molecule has 0 saturated carbocycles. The van der Waals surface area contributed by atoms with Gasteiger partial charge in [0.25, 0.3) is 5.91 Å². The number of amides is 1. The summed E-state index contributed by atoms with van der Waals surface area (Å²) in [6.45, 7) is 1.99. The van der Waals surface area contributed by atoms with Gasteiger partial charge in [0.1, 0.15) is 0 Å². The first-order chi connectivity index (χ1) is 15.5. The molecule has 1 atom stereocenters. The Morgan fingerprint density at radius 1 is 0.939 bits per heavy atom. The van der Waals surface area contributed by atoms with Crippen LogP contribution in [0.4, 0.5) is 0 Å². The summed E-state index contributed by atoms with van der Waals surface area (Å²) in [7, 11) is 0. The van der Waals surface area contributed by atoms with Gasteiger partial charge in [0.2, 0.25) is 0 Å². The van der Waals surface area contributed by atoms with Crippen molar-refractivity contribution in [1.29, 1.82) is 0 Å². The van der Waals surface area contributed by atoms with Crippen molar-refractivity contribution in [2.24, 2.45) is 0 Å². The van der Waals surface area contributed by atoms with Gasteiger partial charge in [-0.1, -0.05) is 72.8 Å². The number of hydrogen-bond donors (Lipinski definition) is 1. The molecule has 3 aromatic carbocycles. The topological polar surface area (TPSA) is 69.2 Å². The third-order valence-corrected chi connectivity index (χ3v) is 5.84. The van der Waals surface area contributed by atoms with Crippen molar-refractivity contribution in [2.75, 3.05) is 12.0 Å². The summed E-state index contributed by atoms with van der Waals surface area (Å²) < 4.78 is 0. The fraction of sp³-hybridized carbons (Fsp3) is 0.185. The maximum atomic E-state index is 13.1. The maximum Gasteiger partial charge on any atom is 1.00 e. The molecule has 0 radical (unpaired) electrons. The molecule has 0 aliphatic carbocycles. The SMILES string of the molecule is CSCC[C@H](NC(=O)c1ccc(/C=C/c2ccccc2)cc1-c1ccccc1C)C(=O)[O-].[Li+]. The van der Waals surface area contributed by atoms with Crippen LogP contribution in [0.2, 0.25) is 0 Å². The molecule has 6 heteroatoms. The van der Waals surface area contributed by atoms with E-state index in [1.165, 1.54) is 11.8 Å². The summed E-state index contributed by atoms with van der Waals surface area (Å²) in [5.41, 5.74) is 5.19. The molecule has 0 bridgehead atoms. The minimum Gasteiger partial charge on any atom is -0.548 e. The summed E-state index contributed by atoms with van der Waals surface area (Å²) in [6, 6.07) is 22.4. The van der Waals surface area contributed by atoms with Gasteiger partial charge >= 0.3 is 18.9 Å². The summed E-state index contributed by atoms with van der Waals surface area (Å²) in [6.07, 6.45) is 6.23. The number of nitrogens with one attached hydrogen (secondary N) is 1. The van der Waals surface area contributed by atoms with Gasteiger partial charge < -0.3 is 15.2 Å². The van der Waals surface area contributed by atoms with E-state index < -0.39 is 17.9 Å². The Kier molecular flexibility index (Phi) is 10.5. The number of carbonyl (C=O) groups is 2. The van der Waals surface area contributed by atoms with Crippen molar-refractivity contribution in [1.82, 2.24) is 5.32 Å². The number of benzene rings is 3. The average Bonchev–Trinajstić information content (AvgIpc) is 2.81. The number of aryl methyl sites for hydroxylation is 1. The Balaban J connectivity index is 0.00000385. The van der Waals surface area contributed by atoms with Crippen LogP contribution in [-0.4, -0.2) is 29.9 Å². The number of aliphatic carboxylic acids is 1. The zero-order valence-electron chi connectivity index (χ0n) is 19.2. The fourth-order valence-corrected chi connectivity index (χ4v) is 3.91. The van der Waals surface area contributed by atoms with Crippen molar-refractivity contribution in [3.63, 3.8) is 0 Å². The van der Waals surface area contributed by atoms with Gasteiger partial charge in [0, 0.05) is 5.56 Å². The van der Waals surface area contributed by atoms with E-state index in [2.05, 4.69) is 5.32 Å². The number of rotatable bonds is 9. The first kappa shape index (κ1) is 26.5. The Hall–Kier alpha value is -2.71. The van der Waals surface area contributed by atoms with E-state index in [9.17, 15) is 14.7 Å². The zero-order valence-corrected chi connectivity index (χ0v) is 20.0. The van der Waals surface area contributed by atoms with Gasteiger partial charge in [0.15, 0.2) is 0 Å². The number of carbonyl (C=O) groups excluding carboxylic acids is 2. The molecule has 0 aromatic heterocycles. The third kappa shape index (κ3) is 7.40. The fourth-order valence-electron chi connectivity index (χ4n) is 3.44. The Morgan fingerprint density at radius 3 is 2.27 bits per heavy atom. The molecule has 0 saturated heterocycles. The first-order valence-corrected chi connectivity index (χ1v) is 11.8. The largest absolute Gasteiger partial charge is 1.00 e. The molecule has 3 rings (SSSR count). The standard InChI is InChI=1S/C27H27NO3S.Li/c1-19-8-6-7-11-22(19)24-18-21(13-12-20-9-4-3-5-10-20)14-15-23(24)26(29)28-25(27(30)31)16-17-32-2;/h3-15,18,25H,16-17H2,1-2H3,(H,28,29)(H,30,31);/q;+1/p-1/b13-12+;/t25-;/m0./s1. The van der Waals surface area contributed by atoms with Crippen molar-refractivity contribution >= 4 is 35.8 Å². The summed E-state index contributed by atoms with van der Waals surface area (Å²) in [5.74, 6) is -1.07. The molecule has 0 fully saturated rings. The molecule has 0 aliphatic heterocycles. The normalized spacial score (nSPS) is 11.6. The molecule has 0 spiro atoms. The number of thioether (sulfide) groups is 1. The molecule has 4 nitrogen and oxygen atoms in total. The van der Waals surface area contributed by atoms with Gasteiger partial charge in [-0.15, -0.1) is 0 Å². The van der Waals surface area contributed by atoms with E-state index in [1.54, 1.807) is 6.07 Å². The monoisotopic (exact) mass is 451 g/mol. The van der Waals surface area contributed by atoms with Crippen molar-refractivity contribution < 1.29 is 33.6 Å². The van der Waals surface area contributed by atoms with Crippen molar-refractivity contribution in [3.8, 4) is 11.1 Å². The molecular formula is C27H26LiNO3S. The van der Waals surface area contributed by atoms with Crippen molar-refractivity contribution in [2.45, 2.75) is 19.4 Å². The quantitative estimate of drug-likeness (QED) is 0.395. The van der Waals surface area contributed by atoms with Crippen LogP contribution in [0.3, 0.4) is 0 Å². The number of carboxylic acid groups (broad SMARTS) is 1. The number of carboxylic acids is 1. The third-order valence-electron chi connectivity index (χ3n) is 5.19. The van der Waals surface area contributed by atoms with Crippen LogP contribution in [-0.2, 0) is 4.79 Å². The predicted molar refractivity (Wildman–Crippen MR) is 131 cm³/mol. The maximum absolute atomic E-state index is 13.1. The van der Waals surface area contributed by atoms with Crippen LogP contribution < -0.4 is 29.3 Å². The molecular weight excluding hydrogens is 425 g/mol. The van der Waals surface area contributed by atoms with Crippen LogP contribution in [0.15, 0.2) is 72.8 Å². The zero-order chi connectivity index (χ0) is 22.9. The van der Waals surface area contributed by atoms with Crippen LogP contribution >= 0.6 is 11.8 Å². The van der Waals surface area contributed by atoms with E-state index in [4.69, 9.17) is 0 Å². The first-order valence-electron chi connectivity index (χ1n) is 10.4. The second kappa shape index (κ2) is 13.1. The molecule has 33 heavy (non-hydrogen) atoms. The Labute approximate surface area is 211 Å². The molecule has 0 unspecified atom stereocenters. The van der Waals surface area contributed by atoms with Crippen LogP contribution in [0.1, 0.15) is 33.5 Å². The molecule has 164 valence electrons. The molecule has 1 N–H and O–H groups in total. The van der Waals surface area contributed by atoms with Crippen LogP contribution in [0.25, 0.3) is 23.3 Å². The molecule has 0 heterocycles. The van der Waals surface area contributed by atoms with Crippen LogP contribution in [0.5, 0.6) is 0 Å². The summed E-state index contributed by atoms with van der Waals surface area (Å²) >= 11 is 1.53. The van der Waals surface area contributed by atoms with E-state index in [0.29, 0.717) is 17.7 Å². The molecule has 0 aliphatic rings. The predicted octanol–water partition coefficient (Wildman–Crippen LogP) is 1.44. The minimum atomic E-state index is -1.27. The van der Waals surface area contributed by atoms with Gasteiger partial charge in [-0.05, 0) is 65.3 Å². The minimum absolute atomic E-state index is 0. The second-order valence-corrected chi connectivity index (χ2v) is 8.48. The summed E-state index contributed by atoms with van der Waals surface area (Å²) in [4.78, 5) is 24.6. The van der Waals surface area contributed by atoms with E-state index >= 15 is 0 Å². The van der Waals surface area contributed by atoms with Crippen molar-refractivity contribution in [3.05, 3.63) is 95.1 Å². The van der Waals surface area contributed by atoms with E-state index in [-0.39, 0.29) is 18.9 Å². The van der Waals surface area contributed by atoms with Gasteiger partial charge in [-0.3, -0.25) is 4.79 Å². The summed E-state index contributed by atoms with van der Waals surface area (Å²) in [5, 5.41) is 14.2. The van der Waals surface area contributed by atoms with Crippen LogP contribution in [0, 0.1) is 6.92 Å². The Morgan fingerprint density at radius 2 is 1.61 bits per heavy atom. The van der Waals surface area contributed by atoms with E-state index in [0.717, 1.165) is 27.8 Å². The van der Waals surface area contributed by atoms with Gasteiger partial charge in [0.05, 0.1) is 12.0 Å². The molecule has 3 aromatic rings. The molecule has 1 amide bonds. The van der Waals surface area contributed by atoms with Gasteiger partial charge in [-0.2, -0.15) is 11.8 Å². The number of hydrogen-bond acceptors (Lipinski definition) is 4. The average molecular weight is 452 g/mol. The second-order valence-electron chi connectivity index (χ2n) is 7.49. The van der Waals surface area contributed by atoms with E-state index in [1.807, 2.05) is 92.1 Å².